The van der Waals surface area contributed by atoms with E-state index in [9.17, 15) is 27.6 Å². The van der Waals surface area contributed by atoms with Gasteiger partial charge in [-0.3, -0.25) is 14.8 Å². The van der Waals surface area contributed by atoms with E-state index in [0.717, 1.165) is 43.4 Å². The van der Waals surface area contributed by atoms with E-state index >= 15 is 0 Å². The molecule has 0 aliphatic heterocycles. The molecular formula is C29H37F3N4O5. The largest absolute Gasteiger partial charge is 0.573 e. The van der Waals surface area contributed by atoms with Crippen molar-refractivity contribution in [1.29, 1.82) is 0 Å². The van der Waals surface area contributed by atoms with Crippen LogP contribution in [0, 0.1) is 17.3 Å². The third-order valence-corrected chi connectivity index (χ3v) is 7.39. The molecule has 2 aromatic rings. The molecule has 1 saturated carbocycles. The molecule has 224 valence electrons. The van der Waals surface area contributed by atoms with Gasteiger partial charge < -0.3 is 20.7 Å². The zero-order valence-electron chi connectivity index (χ0n) is 23.3. The molecule has 0 spiro atoms. The first kappa shape index (κ1) is 31.7. The number of hydrogen-bond donors (Lipinski definition) is 5. The summed E-state index contributed by atoms with van der Waals surface area (Å²) in [6.07, 6.45) is -1.07. The standard InChI is InChI=1S/C29H37F3N4O5/c1-28(2,3)21-10-8-19(9-11-21)25(18-4-6-20(7-5-18)26(38)33-17-16-24(37)36-40)35-27(39)34-22-12-14-23(15-13-22)41-29(30,31)32/h4-7,12-15,19,21,25,40H,8-11,16-17H2,1-3H3,(H,33,38)(H,36,37)(H2,34,35,39)/t19-,21-,25?. The average molecular weight is 579 g/mol. The molecule has 41 heavy (non-hydrogen) atoms. The van der Waals surface area contributed by atoms with Crippen LogP contribution in [0.25, 0.3) is 0 Å². The molecule has 2 aromatic carbocycles. The molecule has 12 heteroatoms. The van der Waals surface area contributed by atoms with Crippen molar-refractivity contribution < 1.29 is 37.5 Å². The Kier molecular flexibility index (Phi) is 10.6. The fraction of sp³-hybridized carbons (Fsp3) is 0.483. The highest BCUT2D eigenvalue weighted by atomic mass is 19.4. The molecule has 0 radical (unpaired) electrons. The summed E-state index contributed by atoms with van der Waals surface area (Å²) in [5.74, 6) is -0.686. The van der Waals surface area contributed by atoms with Gasteiger partial charge in [-0.05, 0) is 84.9 Å². The zero-order chi connectivity index (χ0) is 30.2. The fourth-order valence-corrected chi connectivity index (χ4v) is 5.13. The van der Waals surface area contributed by atoms with Gasteiger partial charge in [0.05, 0.1) is 6.04 Å². The van der Waals surface area contributed by atoms with E-state index in [1.165, 1.54) is 17.6 Å². The molecule has 3 rings (SSSR count). The molecule has 1 atom stereocenters. The van der Waals surface area contributed by atoms with Crippen LogP contribution in [0.15, 0.2) is 48.5 Å². The SMILES string of the molecule is CC(C)(C)[C@H]1CC[C@H](C(NC(=O)Nc2ccc(OC(F)(F)F)cc2)c2ccc(C(=O)NCCC(=O)NO)cc2)CC1. The summed E-state index contributed by atoms with van der Waals surface area (Å²) in [6.45, 7) is 6.74. The van der Waals surface area contributed by atoms with Crippen molar-refractivity contribution in [2.75, 3.05) is 11.9 Å². The summed E-state index contributed by atoms with van der Waals surface area (Å²) in [6, 6.07) is 10.8. The minimum absolute atomic E-state index is 0.0532. The van der Waals surface area contributed by atoms with Crippen molar-refractivity contribution in [3.05, 3.63) is 59.7 Å². The minimum Gasteiger partial charge on any atom is -0.406 e. The maximum Gasteiger partial charge on any atom is 0.573 e. The zero-order valence-corrected chi connectivity index (χ0v) is 23.3. The van der Waals surface area contributed by atoms with Crippen molar-refractivity contribution in [2.24, 2.45) is 17.3 Å². The number of anilines is 1. The van der Waals surface area contributed by atoms with E-state index < -0.39 is 24.1 Å². The number of amides is 4. The number of hydroxylamine groups is 1. The number of nitrogens with one attached hydrogen (secondary N) is 4. The van der Waals surface area contributed by atoms with E-state index in [4.69, 9.17) is 5.21 Å². The number of alkyl halides is 3. The lowest BCUT2D eigenvalue weighted by molar-refractivity contribution is -0.274. The third kappa shape index (κ3) is 9.96. The van der Waals surface area contributed by atoms with E-state index in [2.05, 4.69) is 41.5 Å². The second-order valence-electron chi connectivity index (χ2n) is 11.3. The maximum absolute atomic E-state index is 13.0. The van der Waals surface area contributed by atoms with Crippen molar-refractivity contribution in [2.45, 2.75) is 65.3 Å². The number of ether oxygens (including phenoxy) is 1. The van der Waals surface area contributed by atoms with Crippen LogP contribution in [-0.2, 0) is 4.79 Å². The van der Waals surface area contributed by atoms with Crippen LogP contribution in [0.4, 0.5) is 23.7 Å². The van der Waals surface area contributed by atoms with Gasteiger partial charge in [-0.15, -0.1) is 13.2 Å². The Labute approximate surface area is 237 Å². The first-order valence-corrected chi connectivity index (χ1v) is 13.5. The monoisotopic (exact) mass is 578 g/mol. The molecule has 0 saturated heterocycles. The fourth-order valence-electron chi connectivity index (χ4n) is 5.13. The lowest BCUT2D eigenvalue weighted by atomic mass is 9.68. The van der Waals surface area contributed by atoms with E-state index in [0.29, 0.717) is 17.2 Å². The second kappa shape index (κ2) is 13.7. The summed E-state index contributed by atoms with van der Waals surface area (Å²) >= 11 is 0. The number of urea groups is 1. The van der Waals surface area contributed by atoms with E-state index in [-0.39, 0.29) is 36.2 Å². The lowest BCUT2D eigenvalue weighted by Gasteiger charge is -2.39. The van der Waals surface area contributed by atoms with Gasteiger partial charge in [0.1, 0.15) is 5.75 Å². The van der Waals surface area contributed by atoms with Gasteiger partial charge in [-0.1, -0.05) is 32.9 Å². The second-order valence-corrected chi connectivity index (χ2v) is 11.3. The molecule has 1 aliphatic rings. The molecule has 1 unspecified atom stereocenters. The summed E-state index contributed by atoms with van der Waals surface area (Å²) in [5, 5.41) is 16.9. The summed E-state index contributed by atoms with van der Waals surface area (Å²) in [5.41, 5.74) is 3.17. The normalized spacial score (nSPS) is 18.1. The van der Waals surface area contributed by atoms with Crippen molar-refractivity contribution >= 4 is 23.5 Å². The maximum atomic E-state index is 13.0. The van der Waals surface area contributed by atoms with Gasteiger partial charge in [0.2, 0.25) is 5.91 Å². The van der Waals surface area contributed by atoms with Gasteiger partial charge in [-0.25, -0.2) is 10.3 Å². The number of carbonyl (C=O) groups is 3. The number of benzene rings is 2. The number of hydrogen-bond acceptors (Lipinski definition) is 5. The Morgan fingerprint density at radius 2 is 1.56 bits per heavy atom. The van der Waals surface area contributed by atoms with Crippen LogP contribution in [-0.4, -0.2) is 36.0 Å². The van der Waals surface area contributed by atoms with Crippen LogP contribution in [0.2, 0.25) is 0 Å². The van der Waals surface area contributed by atoms with Gasteiger partial charge in [0.25, 0.3) is 5.91 Å². The number of halogens is 3. The minimum atomic E-state index is -4.81. The van der Waals surface area contributed by atoms with Crippen LogP contribution in [0.5, 0.6) is 5.75 Å². The average Bonchev–Trinajstić information content (AvgIpc) is 2.91. The van der Waals surface area contributed by atoms with Gasteiger partial charge >= 0.3 is 12.4 Å². The molecule has 0 bridgehead atoms. The number of carbonyl (C=O) groups excluding carboxylic acids is 3. The predicted octanol–water partition coefficient (Wildman–Crippen LogP) is 5.93. The third-order valence-electron chi connectivity index (χ3n) is 7.39. The van der Waals surface area contributed by atoms with Crippen LogP contribution < -0.4 is 26.2 Å². The van der Waals surface area contributed by atoms with E-state index in [1.54, 1.807) is 24.3 Å². The predicted molar refractivity (Wildman–Crippen MR) is 146 cm³/mol. The lowest BCUT2D eigenvalue weighted by Crippen LogP contribution is -2.38. The Morgan fingerprint density at radius 1 is 0.951 bits per heavy atom. The van der Waals surface area contributed by atoms with E-state index in [1.807, 2.05) is 0 Å². The van der Waals surface area contributed by atoms with Crippen LogP contribution in [0.1, 0.15) is 74.8 Å². The molecule has 0 aromatic heterocycles. The van der Waals surface area contributed by atoms with Crippen LogP contribution >= 0.6 is 0 Å². The summed E-state index contributed by atoms with van der Waals surface area (Å²) < 4.78 is 41.2. The number of rotatable bonds is 9. The molecule has 9 nitrogen and oxygen atoms in total. The molecule has 0 heterocycles. The molecule has 1 aliphatic carbocycles. The Balaban J connectivity index is 1.71. The quantitative estimate of drug-likeness (QED) is 0.186. The highest BCUT2D eigenvalue weighted by molar-refractivity contribution is 5.94. The first-order chi connectivity index (χ1) is 19.2. The Bertz CT molecular complexity index is 1170. The van der Waals surface area contributed by atoms with Gasteiger partial charge in [0.15, 0.2) is 0 Å². The molecular weight excluding hydrogens is 541 g/mol. The summed E-state index contributed by atoms with van der Waals surface area (Å²) in [7, 11) is 0. The molecule has 5 N–H and O–H groups in total. The molecule has 1 fully saturated rings. The van der Waals surface area contributed by atoms with Gasteiger partial charge in [-0.2, -0.15) is 0 Å². The van der Waals surface area contributed by atoms with Crippen molar-refractivity contribution in [3.63, 3.8) is 0 Å². The highest BCUT2D eigenvalue weighted by Crippen LogP contribution is 2.43. The first-order valence-electron chi connectivity index (χ1n) is 13.5. The van der Waals surface area contributed by atoms with Crippen molar-refractivity contribution in [1.82, 2.24) is 16.1 Å². The Hall–Kier alpha value is -3.80. The highest BCUT2D eigenvalue weighted by Gasteiger charge is 2.34. The molecule has 4 amide bonds. The Morgan fingerprint density at radius 3 is 2.10 bits per heavy atom. The topological polar surface area (TPSA) is 129 Å². The van der Waals surface area contributed by atoms with Gasteiger partial charge in [0, 0.05) is 24.2 Å². The smallest absolute Gasteiger partial charge is 0.406 e. The van der Waals surface area contributed by atoms with Crippen molar-refractivity contribution in [3.8, 4) is 5.75 Å². The summed E-state index contributed by atoms with van der Waals surface area (Å²) in [4.78, 5) is 36.6. The van der Waals surface area contributed by atoms with Crippen LogP contribution in [0.3, 0.4) is 0 Å².